The van der Waals surface area contributed by atoms with Gasteiger partial charge < -0.3 is 10.3 Å². The Morgan fingerprint density at radius 1 is 1.17 bits per heavy atom. The lowest BCUT2D eigenvalue weighted by atomic mass is 10.2. The van der Waals surface area contributed by atoms with E-state index in [-0.39, 0.29) is 11.5 Å². The quantitative estimate of drug-likeness (QED) is 0.744. The van der Waals surface area contributed by atoms with Crippen LogP contribution in [0.2, 0.25) is 0 Å². The number of hydrogen-bond acceptors (Lipinski definition) is 6. The van der Waals surface area contributed by atoms with Crippen LogP contribution in [-0.2, 0) is 0 Å². The average molecular weight is 322 g/mol. The summed E-state index contributed by atoms with van der Waals surface area (Å²) in [7, 11) is 0. The second-order valence-corrected chi connectivity index (χ2v) is 5.02. The fraction of sp³-hybridized carbons (Fsp3) is 0.125. The third kappa shape index (κ3) is 3.49. The molecule has 120 valence electrons. The Hall–Kier alpha value is -3.42. The van der Waals surface area contributed by atoms with Gasteiger partial charge in [-0.1, -0.05) is 6.07 Å². The van der Waals surface area contributed by atoms with Crippen molar-refractivity contribution in [3.63, 3.8) is 0 Å². The lowest BCUT2D eigenvalue weighted by Crippen LogP contribution is -2.30. The van der Waals surface area contributed by atoms with Crippen LogP contribution in [0.15, 0.2) is 53.8 Å². The minimum atomic E-state index is -0.506. The highest BCUT2D eigenvalue weighted by molar-refractivity contribution is 5.92. The van der Waals surface area contributed by atoms with Gasteiger partial charge in [-0.25, -0.2) is 15.0 Å². The van der Waals surface area contributed by atoms with E-state index in [0.717, 1.165) is 0 Å². The minimum absolute atomic E-state index is 0.290. The topological polar surface area (TPSA) is 114 Å². The minimum Gasteiger partial charge on any atom is -0.341 e. The Labute approximate surface area is 137 Å². The van der Waals surface area contributed by atoms with E-state index in [1.54, 1.807) is 37.4 Å². The molecule has 0 aliphatic heterocycles. The monoisotopic (exact) mass is 322 g/mol. The Kier molecular flexibility index (Phi) is 4.37. The highest BCUT2D eigenvalue weighted by Crippen LogP contribution is 2.13. The van der Waals surface area contributed by atoms with E-state index in [1.807, 2.05) is 0 Å². The molecule has 0 aliphatic carbocycles. The first-order valence-corrected chi connectivity index (χ1v) is 7.23. The third-order valence-corrected chi connectivity index (χ3v) is 3.26. The molecule has 0 aliphatic rings. The summed E-state index contributed by atoms with van der Waals surface area (Å²) in [6.07, 6.45) is 4.48. The second-order valence-electron chi connectivity index (χ2n) is 5.02. The number of aromatic amines is 1. The van der Waals surface area contributed by atoms with Crippen LogP contribution in [0.1, 0.15) is 29.3 Å². The van der Waals surface area contributed by atoms with Crippen molar-refractivity contribution < 1.29 is 4.79 Å². The van der Waals surface area contributed by atoms with Crippen LogP contribution in [0.25, 0.3) is 11.4 Å². The SMILES string of the molecule is CC(NC(=O)c1ccccn1)c1nc(-c2ccncn2)cc(=O)[nH]1. The van der Waals surface area contributed by atoms with E-state index >= 15 is 0 Å². The number of carbonyl (C=O) groups is 1. The molecule has 24 heavy (non-hydrogen) atoms. The van der Waals surface area contributed by atoms with Crippen LogP contribution in [0.3, 0.4) is 0 Å². The van der Waals surface area contributed by atoms with Gasteiger partial charge in [0, 0.05) is 18.5 Å². The zero-order valence-electron chi connectivity index (χ0n) is 12.8. The fourth-order valence-electron chi connectivity index (χ4n) is 2.09. The van der Waals surface area contributed by atoms with Crippen molar-refractivity contribution >= 4 is 5.91 Å². The van der Waals surface area contributed by atoms with Crippen molar-refractivity contribution in [3.8, 4) is 11.4 Å². The number of amides is 1. The van der Waals surface area contributed by atoms with E-state index in [2.05, 4.69) is 30.2 Å². The number of pyridine rings is 1. The molecule has 1 atom stereocenters. The molecule has 0 aromatic carbocycles. The zero-order chi connectivity index (χ0) is 16.9. The lowest BCUT2D eigenvalue weighted by molar-refractivity contribution is 0.0933. The molecule has 8 heteroatoms. The molecular weight excluding hydrogens is 308 g/mol. The number of nitrogens with one attached hydrogen (secondary N) is 2. The normalized spacial score (nSPS) is 11.7. The molecule has 8 nitrogen and oxygen atoms in total. The third-order valence-electron chi connectivity index (χ3n) is 3.26. The maximum atomic E-state index is 12.2. The van der Waals surface area contributed by atoms with Gasteiger partial charge >= 0.3 is 0 Å². The molecule has 3 rings (SSSR count). The Morgan fingerprint density at radius 2 is 2.04 bits per heavy atom. The number of carbonyl (C=O) groups excluding carboxylic acids is 1. The second kappa shape index (κ2) is 6.78. The van der Waals surface area contributed by atoms with Crippen molar-refractivity contribution in [1.82, 2.24) is 30.2 Å². The van der Waals surface area contributed by atoms with Gasteiger partial charge in [-0.3, -0.25) is 14.6 Å². The zero-order valence-corrected chi connectivity index (χ0v) is 12.8. The van der Waals surface area contributed by atoms with Crippen LogP contribution in [-0.4, -0.2) is 30.8 Å². The fourth-order valence-corrected chi connectivity index (χ4v) is 2.09. The lowest BCUT2D eigenvalue weighted by Gasteiger charge is -2.13. The van der Waals surface area contributed by atoms with Crippen LogP contribution in [0.5, 0.6) is 0 Å². The average Bonchev–Trinajstić information content (AvgIpc) is 2.62. The highest BCUT2D eigenvalue weighted by Gasteiger charge is 2.15. The summed E-state index contributed by atoms with van der Waals surface area (Å²) in [5.41, 5.74) is 0.905. The number of nitrogens with zero attached hydrogens (tertiary/aromatic N) is 4. The number of H-pyrrole nitrogens is 1. The summed E-state index contributed by atoms with van der Waals surface area (Å²) < 4.78 is 0. The smallest absolute Gasteiger partial charge is 0.270 e. The van der Waals surface area contributed by atoms with Crippen molar-refractivity contribution in [2.45, 2.75) is 13.0 Å². The molecule has 0 fully saturated rings. The summed E-state index contributed by atoms with van der Waals surface area (Å²) in [6.45, 7) is 1.73. The molecule has 0 bridgehead atoms. The van der Waals surface area contributed by atoms with Gasteiger partial charge in [0.25, 0.3) is 11.5 Å². The van der Waals surface area contributed by atoms with E-state index in [4.69, 9.17) is 0 Å². The molecule has 0 radical (unpaired) electrons. The maximum absolute atomic E-state index is 12.2. The van der Waals surface area contributed by atoms with Gasteiger partial charge in [-0.2, -0.15) is 0 Å². The van der Waals surface area contributed by atoms with Crippen LogP contribution < -0.4 is 10.9 Å². The van der Waals surface area contributed by atoms with Crippen LogP contribution >= 0.6 is 0 Å². The van der Waals surface area contributed by atoms with Gasteiger partial charge in [0.15, 0.2) is 0 Å². The molecule has 0 saturated heterocycles. The Balaban J connectivity index is 1.85. The molecule has 3 aromatic heterocycles. The maximum Gasteiger partial charge on any atom is 0.270 e. The Morgan fingerprint density at radius 3 is 2.75 bits per heavy atom. The molecule has 3 aromatic rings. The van der Waals surface area contributed by atoms with Crippen molar-refractivity contribution in [1.29, 1.82) is 0 Å². The van der Waals surface area contributed by atoms with E-state index in [0.29, 0.717) is 22.9 Å². The van der Waals surface area contributed by atoms with Gasteiger partial charge in [-0.15, -0.1) is 0 Å². The predicted octanol–water partition coefficient (Wildman–Crippen LogP) is 1.11. The largest absolute Gasteiger partial charge is 0.341 e. The van der Waals surface area contributed by atoms with Crippen molar-refractivity contribution in [3.05, 3.63) is 70.9 Å². The first kappa shape index (κ1) is 15.5. The molecule has 0 spiro atoms. The molecule has 0 saturated carbocycles. The standard InChI is InChI=1S/C16H14N6O2/c1-10(20-16(24)12-4-2-3-6-18-12)15-21-13(8-14(23)22-15)11-5-7-17-9-19-11/h2-10H,1H3,(H,20,24)(H,21,22,23). The number of aromatic nitrogens is 5. The summed E-state index contributed by atoms with van der Waals surface area (Å²) in [5.74, 6) is -0.0152. The van der Waals surface area contributed by atoms with E-state index < -0.39 is 6.04 Å². The highest BCUT2D eigenvalue weighted by atomic mass is 16.2. The van der Waals surface area contributed by atoms with E-state index in [1.165, 1.54) is 18.6 Å². The van der Waals surface area contributed by atoms with Crippen LogP contribution in [0.4, 0.5) is 0 Å². The first-order valence-electron chi connectivity index (χ1n) is 7.23. The Bertz CT molecular complexity index is 895. The predicted molar refractivity (Wildman–Crippen MR) is 86.0 cm³/mol. The summed E-state index contributed by atoms with van der Waals surface area (Å²) in [5, 5.41) is 2.75. The van der Waals surface area contributed by atoms with E-state index in [9.17, 15) is 9.59 Å². The molecule has 3 heterocycles. The molecule has 1 amide bonds. The molecule has 1 unspecified atom stereocenters. The van der Waals surface area contributed by atoms with Crippen molar-refractivity contribution in [2.24, 2.45) is 0 Å². The van der Waals surface area contributed by atoms with Gasteiger partial charge in [0.05, 0.1) is 17.4 Å². The van der Waals surface area contributed by atoms with Gasteiger partial charge in [-0.05, 0) is 25.1 Å². The summed E-state index contributed by atoms with van der Waals surface area (Å²) in [4.78, 5) is 42.9. The van der Waals surface area contributed by atoms with Gasteiger partial charge in [0.2, 0.25) is 0 Å². The van der Waals surface area contributed by atoms with Gasteiger partial charge in [0.1, 0.15) is 17.8 Å². The van der Waals surface area contributed by atoms with Crippen molar-refractivity contribution in [2.75, 3.05) is 0 Å². The summed E-state index contributed by atoms with van der Waals surface area (Å²) >= 11 is 0. The molecule has 2 N–H and O–H groups in total. The van der Waals surface area contributed by atoms with Crippen LogP contribution in [0, 0.1) is 0 Å². The number of rotatable bonds is 4. The number of hydrogen-bond donors (Lipinski definition) is 2. The first-order chi connectivity index (χ1) is 11.6. The molecular formula is C16H14N6O2. The summed E-state index contributed by atoms with van der Waals surface area (Å²) in [6, 6.07) is 7.55.